The first-order valence-corrected chi connectivity index (χ1v) is 11.6. The number of hydrogen-bond acceptors (Lipinski definition) is 4. The smallest absolute Gasteiger partial charge is 0.225 e. The molecule has 4 rings (SSSR count). The molecular weight excluding hydrogens is 410 g/mol. The van der Waals surface area contributed by atoms with Crippen molar-refractivity contribution in [3.8, 4) is 0 Å². The van der Waals surface area contributed by atoms with Gasteiger partial charge in [-0.2, -0.15) is 0 Å². The molecule has 164 valence electrons. The molecule has 2 aliphatic heterocycles. The second-order valence-corrected chi connectivity index (χ2v) is 9.17. The fraction of sp³-hybridized carbons (Fsp3) is 0.480. The molecule has 2 fully saturated rings. The van der Waals surface area contributed by atoms with Crippen LogP contribution in [-0.4, -0.2) is 52.7 Å². The third-order valence-electron chi connectivity index (χ3n) is 6.92. The summed E-state index contributed by atoms with van der Waals surface area (Å²) in [6.45, 7) is 5.45. The van der Waals surface area contributed by atoms with E-state index in [4.69, 9.17) is 11.6 Å². The second kappa shape index (κ2) is 9.92. The van der Waals surface area contributed by atoms with Gasteiger partial charge in [-0.3, -0.25) is 19.5 Å². The largest absolute Gasteiger partial charge is 0.342 e. The van der Waals surface area contributed by atoms with Crippen molar-refractivity contribution in [1.82, 2.24) is 14.8 Å². The number of amides is 1. The van der Waals surface area contributed by atoms with Gasteiger partial charge in [-0.05, 0) is 87.7 Å². The van der Waals surface area contributed by atoms with Crippen molar-refractivity contribution in [3.05, 3.63) is 64.9 Å². The number of benzene rings is 1. The summed E-state index contributed by atoms with van der Waals surface area (Å²) in [7, 11) is 0. The van der Waals surface area contributed by atoms with Crippen LogP contribution in [0.25, 0.3) is 0 Å². The summed E-state index contributed by atoms with van der Waals surface area (Å²) < 4.78 is 0. The Hall–Kier alpha value is -2.24. The minimum atomic E-state index is -0.00622. The summed E-state index contributed by atoms with van der Waals surface area (Å²) in [5, 5.41) is 0.637. The van der Waals surface area contributed by atoms with Gasteiger partial charge in [0.25, 0.3) is 0 Å². The van der Waals surface area contributed by atoms with Crippen LogP contribution >= 0.6 is 11.6 Å². The number of piperidine rings is 2. The lowest BCUT2D eigenvalue weighted by Crippen LogP contribution is -2.46. The number of Topliss-reactive ketones (excluding diaryl/α,β-unsaturated/α-hetero) is 1. The number of carbonyl (C=O) groups is 2. The molecule has 1 aromatic heterocycles. The molecule has 0 saturated carbocycles. The molecular formula is C25H30ClN3O2. The summed E-state index contributed by atoms with van der Waals surface area (Å²) in [5.41, 5.74) is 1.98. The van der Waals surface area contributed by atoms with Gasteiger partial charge in [-0.1, -0.05) is 11.6 Å². The van der Waals surface area contributed by atoms with Crippen LogP contribution in [-0.2, 0) is 4.79 Å². The summed E-state index contributed by atoms with van der Waals surface area (Å²) >= 11 is 5.93. The van der Waals surface area contributed by atoms with Crippen LogP contribution in [0.2, 0.25) is 5.02 Å². The highest BCUT2D eigenvalue weighted by atomic mass is 35.5. The third kappa shape index (κ3) is 5.16. The molecule has 0 bridgehead atoms. The van der Waals surface area contributed by atoms with Crippen LogP contribution in [0.1, 0.15) is 54.6 Å². The van der Waals surface area contributed by atoms with E-state index in [2.05, 4.69) is 28.9 Å². The van der Waals surface area contributed by atoms with Gasteiger partial charge in [0.2, 0.25) is 5.91 Å². The van der Waals surface area contributed by atoms with Gasteiger partial charge < -0.3 is 4.90 Å². The molecule has 0 aliphatic carbocycles. The lowest BCUT2D eigenvalue weighted by atomic mass is 9.87. The Labute approximate surface area is 189 Å². The molecule has 1 amide bonds. The SMILES string of the molecule is CC(c1ccncc1)N1CCC(C(=O)N2CCC(C(=O)c3ccc(Cl)cc3)CC2)CC1. The van der Waals surface area contributed by atoms with Crippen molar-refractivity contribution in [3.63, 3.8) is 0 Å². The Morgan fingerprint density at radius 3 is 2.10 bits per heavy atom. The van der Waals surface area contributed by atoms with Gasteiger partial charge >= 0.3 is 0 Å². The summed E-state index contributed by atoms with van der Waals surface area (Å²) in [5.74, 6) is 0.536. The number of rotatable bonds is 5. The van der Waals surface area contributed by atoms with Crippen LogP contribution in [0.5, 0.6) is 0 Å². The lowest BCUT2D eigenvalue weighted by Gasteiger charge is -2.39. The predicted octanol–water partition coefficient (Wildman–Crippen LogP) is 4.63. The van der Waals surface area contributed by atoms with Crippen molar-refractivity contribution in [2.24, 2.45) is 11.8 Å². The molecule has 6 heteroatoms. The number of nitrogens with zero attached hydrogens (tertiary/aromatic N) is 3. The van der Waals surface area contributed by atoms with Crippen LogP contribution in [0.4, 0.5) is 0 Å². The van der Waals surface area contributed by atoms with Gasteiger partial charge in [0.05, 0.1) is 0 Å². The van der Waals surface area contributed by atoms with E-state index in [-0.39, 0.29) is 23.5 Å². The predicted molar refractivity (Wildman–Crippen MR) is 122 cm³/mol. The first-order valence-electron chi connectivity index (χ1n) is 11.3. The van der Waals surface area contributed by atoms with Gasteiger partial charge in [-0.25, -0.2) is 0 Å². The number of hydrogen-bond donors (Lipinski definition) is 0. The van der Waals surface area contributed by atoms with E-state index in [0.717, 1.165) is 38.8 Å². The monoisotopic (exact) mass is 439 g/mol. The number of carbonyl (C=O) groups excluding carboxylic acids is 2. The minimum Gasteiger partial charge on any atom is -0.342 e. The molecule has 2 aliphatic rings. The number of halogens is 1. The van der Waals surface area contributed by atoms with E-state index >= 15 is 0 Å². The van der Waals surface area contributed by atoms with Crippen LogP contribution in [0.15, 0.2) is 48.8 Å². The Balaban J connectivity index is 1.26. The van der Waals surface area contributed by atoms with Crippen LogP contribution < -0.4 is 0 Å². The zero-order chi connectivity index (χ0) is 21.8. The molecule has 3 heterocycles. The number of pyridine rings is 1. The quantitative estimate of drug-likeness (QED) is 0.637. The molecule has 2 aromatic rings. The van der Waals surface area contributed by atoms with Gasteiger partial charge in [0.15, 0.2) is 5.78 Å². The Morgan fingerprint density at radius 1 is 0.903 bits per heavy atom. The first kappa shape index (κ1) is 22.0. The molecule has 1 unspecified atom stereocenters. The minimum absolute atomic E-state index is 0.00622. The van der Waals surface area contributed by atoms with Crippen molar-refractivity contribution < 1.29 is 9.59 Å². The average molecular weight is 440 g/mol. The summed E-state index contributed by atoms with van der Waals surface area (Å²) in [4.78, 5) is 34.4. The van der Waals surface area contributed by atoms with Crippen LogP contribution in [0.3, 0.4) is 0 Å². The standard InChI is InChI=1S/C25H30ClN3O2/c1-18(19-6-12-27-13-7-19)28-14-10-22(11-15-28)25(31)29-16-8-21(9-17-29)24(30)20-2-4-23(26)5-3-20/h2-7,12-13,18,21-22H,8-11,14-17H2,1H3. The molecule has 0 radical (unpaired) electrons. The van der Waals surface area contributed by atoms with E-state index in [1.54, 1.807) is 24.3 Å². The highest BCUT2D eigenvalue weighted by Crippen LogP contribution is 2.29. The van der Waals surface area contributed by atoms with E-state index in [1.807, 2.05) is 17.3 Å². The van der Waals surface area contributed by atoms with Crippen molar-refractivity contribution >= 4 is 23.3 Å². The number of aromatic nitrogens is 1. The number of likely N-dealkylation sites (tertiary alicyclic amines) is 2. The highest BCUT2D eigenvalue weighted by Gasteiger charge is 2.33. The van der Waals surface area contributed by atoms with Gasteiger partial charge in [0, 0.05) is 53.9 Å². The van der Waals surface area contributed by atoms with E-state index < -0.39 is 0 Å². The first-order chi connectivity index (χ1) is 15.0. The van der Waals surface area contributed by atoms with Gasteiger partial charge in [-0.15, -0.1) is 0 Å². The Kier molecular flexibility index (Phi) is 7.03. The molecule has 1 aromatic carbocycles. The average Bonchev–Trinajstić information content (AvgIpc) is 2.84. The maximum absolute atomic E-state index is 13.1. The fourth-order valence-corrected chi connectivity index (χ4v) is 4.98. The van der Waals surface area contributed by atoms with E-state index in [1.165, 1.54) is 5.56 Å². The zero-order valence-electron chi connectivity index (χ0n) is 18.0. The highest BCUT2D eigenvalue weighted by molar-refractivity contribution is 6.30. The van der Waals surface area contributed by atoms with Gasteiger partial charge in [0.1, 0.15) is 0 Å². The summed E-state index contributed by atoms with van der Waals surface area (Å²) in [6, 6.07) is 11.6. The molecule has 0 N–H and O–H groups in total. The zero-order valence-corrected chi connectivity index (χ0v) is 18.8. The molecule has 2 saturated heterocycles. The molecule has 0 spiro atoms. The van der Waals surface area contributed by atoms with Crippen molar-refractivity contribution in [1.29, 1.82) is 0 Å². The maximum Gasteiger partial charge on any atom is 0.225 e. The molecule has 1 atom stereocenters. The Bertz CT molecular complexity index is 887. The number of ketones is 1. The topological polar surface area (TPSA) is 53.5 Å². The maximum atomic E-state index is 13.1. The second-order valence-electron chi connectivity index (χ2n) is 8.74. The molecule has 31 heavy (non-hydrogen) atoms. The summed E-state index contributed by atoms with van der Waals surface area (Å²) in [6.07, 6.45) is 6.96. The van der Waals surface area contributed by atoms with Crippen molar-refractivity contribution in [2.45, 2.75) is 38.6 Å². The normalized spacial score (nSPS) is 19.9. The fourth-order valence-electron chi connectivity index (χ4n) is 4.86. The molecule has 5 nitrogen and oxygen atoms in total. The van der Waals surface area contributed by atoms with E-state index in [9.17, 15) is 9.59 Å². The van der Waals surface area contributed by atoms with Crippen molar-refractivity contribution in [2.75, 3.05) is 26.2 Å². The lowest BCUT2D eigenvalue weighted by molar-refractivity contribution is -0.138. The third-order valence-corrected chi connectivity index (χ3v) is 7.17. The van der Waals surface area contributed by atoms with E-state index in [0.29, 0.717) is 29.7 Å². The van der Waals surface area contributed by atoms with Crippen LogP contribution in [0, 0.1) is 11.8 Å². The Morgan fingerprint density at radius 2 is 1.48 bits per heavy atom.